The van der Waals surface area contributed by atoms with E-state index in [1.54, 1.807) is 12.1 Å². The van der Waals surface area contributed by atoms with Gasteiger partial charge in [-0.05, 0) is 71.6 Å². The van der Waals surface area contributed by atoms with Gasteiger partial charge in [0.25, 0.3) is 0 Å². The van der Waals surface area contributed by atoms with E-state index in [1.165, 1.54) is 22.9 Å². The van der Waals surface area contributed by atoms with Gasteiger partial charge in [0.05, 0.1) is 5.56 Å². The van der Waals surface area contributed by atoms with Crippen LogP contribution in [0.1, 0.15) is 21.5 Å². The molecule has 33 heavy (non-hydrogen) atoms. The van der Waals surface area contributed by atoms with E-state index in [9.17, 15) is 4.79 Å². The minimum Gasteiger partial charge on any atom is -0.478 e. The molecule has 164 valence electrons. The molecule has 5 heteroatoms. The van der Waals surface area contributed by atoms with Gasteiger partial charge in [0.2, 0.25) is 0 Å². The number of carboxylic acids is 1. The standard InChI is InChI=1S/C28H22ClNO3/c29-26-17-22(28(31)32)8-12-25(26)20-9-13-27-21(16-20)14-15-30(27)18-19-6-10-24(11-7-19)33-23-4-2-1-3-5-23/h1-13,16-17H,14-15,18H2,(H,31,32). The summed E-state index contributed by atoms with van der Waals surface area (Å²) in [6, 6.07) is 29.2. The second-order valence-electron chi connectivity index (χ2n) is 8.07. The molecule has 0 fully saturated rings. The van der Waals surface area contributed by atoms with Crippen LogP contribution in [0, 0.1) is 0 Å². The van der Waals surface area contributed by atoms with E-state index in [2.05, 4.69) is 35.2 Å². The first-order chi connectivity index (χ1) is 16.1. The Bertz CT molecular complexity index is 1300. The molecule has 4 aromatic carbocycles. The van der Waals surface area contributed by atoms with Crippen LogP contribution >= 0.6 is 11.6 Å². The number of fused-ring (bicyclic) bond motifs is 1. The summed E-state index contributed by atoms with van der Waals surface area (Å²) in [6.45, 7) is 1.78. The van der Waals surface area contributed by atoms with Gasteiger partial charge in [0.1, 0.15) is 11.5 Å². The van der Waals surface area contributed by atoms with E-state index in [0.717, 1.165) is 42.1 Å². The average molecular weight is 456 g/mol. The van der Waals surface area contributed by atoms with Crippen molar-refractivity contribution in [1.29, 1.82) is 0 Å². The number of carboxylic acid groups (broad SMARTS) is 1. The van der Waals surface area contributed by atoms with Gasteiger partial charge in [-0.3, -0.25) is 0 Å². The van der Waals surface area contributed by atoms with Gasteiger partial charge in [-0.2, -0.15) is 0 Å². The molecule has 5 rings (SSSR count). The predicted molar refractivity (Wildman–Crippen MR) is 132 cm³/mol. The van der Waals surface area contributed by atoms with E-state index in [4.69, 9.17) is 21.4 Å². The van der Waals surface area contributed by atoms with Crippen molar-refractivity contribution in [1.82, 2.24) is 0 Å². The number of nitrogens with zero attached hydrogens (tertiary/aromatic N) is 1. The zero-order valence-electron chi connectivity index (χ0n) is 17.9. The third-order valence-electron chi connectivity index (χ3n) is 5.87. The Hall–Kier alpha value is -3.76. The molecule has 1 heterocycles. The van der Waals surface area contributed by atoms with Crippen LogP contribution in [0.2, 0.25) is 5.02 Å². The first-order valence-corrected chi connectivity index (χ1v) is 11.2. The fourth-order valence-electron chi connectivity index (χ4n) is 4.19. The molecule has 0 radical (unpaired) electrons. The molecule has 0 unspecified atom stereocenters. The monoisotopic (exact) mass is 455 g/mol. The van der Waals surface area contributed by atoms with Crippen molar-refractivity contribution in [2.75, 3.05) is 11.4 Å². The fraction of sp³-hybridized carbons (Fsp3) is 0.107. The third kappa shape index (κ3) is 4.57. The van der Waals surface area contributed by atoms with Crippen molar-refractivity contribution < 1.29 is 14.6 Å². The Morgan fingerprint density at radius 2 is 1.67 bits per heavy atom. The van der Waals surface area contributed by atoms with E-state index in [1.807, 2.05) is 42.5 Å². The molecule has 1 aliphatic heterocycles. The number of benzene rings is 4. The zero-order chi connectivity index (χ0) is 22.8. The van der Waals surface area contributed by atoms with Crippen molar-refractivity contribution in [3.05, 3.63) is 113 Å². The molecule has 0 atom stereocenters. The summed E-state index contributed by atoms with van der Waals surface area (Å²) in [4.78, 5) is 13.5. The van der Waals surface area contributed by atoms with Crippen molar-refractivity contribution in [2.45, 2.75) is 13.0 Å². The summed E-state index contributed by atoms with van der Waals surface area (Å²) in [6.07, 6.45) is 0.962. The van der Waals surface area contributed by atoms with E-state index in [-0.39, 0.29) is 5.56 Å². The average Bonchev–Trinajstić information content (AvgIpc) is 3.23. The Morgan fingerprint density at radius 1 is 0.909 bits per heavy atom. The van der Waals surface area contributed by atoms with Crippen LogP contribution in [0.4, 0.5) is 5.69 Å². The highest BCUT2D eigenvalue weighted by Gasteiger charge is 2.20. The second-order valence-corrected chi connectivity index (χ2v) is 8.48. The van der Waals surface area contributed by atoms with E-state index < -0.39 is 5.97 Å². The fourth-order valence-corrected chi connectivity index (χ4v) is 4.48. The normalized spacial score (nSPS) is 12.5. The number of hydrogen-bond donors (Lipinski definition) is 1. The number of rotatable bonds is 6. The van der Waals surface area contributed by atoms with Crippen molar-refractivity contribution in [3.8, 4) is 22.6 Å². The molecule has 0 amide bonds. The van der Waals surface area contributed by atoms with E-state index in [0.29, 0.717) is 5.02 Å². The molecule has 1 aliphatic rings. The highest BCUT2D eigenvalue weighted by atomic mass is 35.5. The third-order valence-corrected chi connectivity index (χ3v) is 6.19. The lowest BCUT2D eigenvalue weighted by molar-refractivity contribution is 0.0697. The molecule has 0 spiro atoms. The Kier molecular flexibility index (Phi) is 5.76. The molecule has 0 bridgehead atoms. The van der Waals surface area contributed by atoms with Gasteiger partial charge in [-0.25, -0.2) is 4.79 Å². The minimum atomic E-state index is -0.979. The van der Waals surface area contributed by atoms with Crippen molar-refractivity contribution in [3.63, 3.8) is 0 Å². The Labute approximate surface area is 197 Å². The lowest BCUT2D eigenvalue weighted by Gasteiger charge is -2.20. The van der Waals surface area contributed by atoms with Crippen LogP contribution in [0.25, 0.3) is 11.1 Å². The zero-order valence-corrected chi connectivity index (χ0v) is 18.6. The molecular weight excluding hydrogens is 434 g/mol. The number of para-hydroxylation sites is 1. The maximum Gasteiger partial charge on any atom is 0.335 e. The first-order valence-electron chi connectivity index (χ1n) is 10.8. The Morgan fingerprint density at radius 3 is 2.39 bits per heavy atom. The second kappa shape index (κ2) is 9.00. The van der Waals surface area contributed by atoms with Gasteiger partial charge in [-0.15, -0.1) is 0 Å². The topological polar surface area (TPSA) is 49.8 Å². The van der Waals surface area contributed by atoms with Crippen LogP contribution in [0.3, 0.4) is 0 Å². The van der Waals surface area contributed by atoms with Crippen LogP contribution in [0.5, 0.6) is 11.5 Å². The number of hydrogen-bond acceptors (Lipinski definition) is 3. The summed E-state index contributed by atoms with van der Waals surface area (Å²) in [5.74, 6) is 0.669. The summed E-state index contributed by atoms with van der Waals surface area (Å²) in [5, 5.41) is 9.60. The van der Waals surface area contributed by atoms with Crippen LogP contribution < -0.4 is 9.64 Å². The number of ether oxygens (including phenoxy) is 1. The van der Waals surface area contributed by atoms with Gasteiger partial charge in [-0.1, -0.05) is 54.1 Å². The largest absolute Gasteiger partial charge is 0.478 e. The highest BCUT2D eigenvalue weighted by Crippen LogP contribution is 2.36. The SMILES string of the molecule is O=C(O)c1ccc(-c2ccc3c(c2)CCN3Cc2ccc(Oc3ccccc3)cc2)c(Cl)c1. The molecular formula is C28H22ClNO3. The molecule has 0 aromatic heterocycles. The van der Waals surface area contributed by atoms with Crippen LogP contribution in [-0.2, 0) is 13.0 Å². The Balaban J connectivity index is 1.30. The molecule has 0 saturated carbocycles. The first kappa shape index (κ1) is 21.1. The lowest BCUT2D eigenvalue weighted by Crippen LogP contribution is -2.19. The number of halogens is 1. The molecule has 4 aromatic rings. The molecule has 4 nitrogen and oxygen atoms in total. The van der Waals surface area contributed by atoms with Crippen LogP contribution in [-0.4, -0.2) is 17.6 Å². The van der Waals surface area contributed by atoms with Gasteiger partial charge in [0.15, 0.2) is 0 Å². The number of aromatic carboxylic acids is 1. The maximum atomic E-state index is 11.2. The smallest absolute Gasteiger partial charge is 0.335 e. The van der Waals surface area contributed by atoms with Crippen molar-refractivity contribution >= 4 is 23.3 Å². The predicted octanol–water partition coefficient (Wildman–Crippen LogP) is 7.06. The van der Waals surface area contributed by atoms with Gasteiger partial charge < -0.3 is 14.7 Å². The molecule has 1 N–H and O–H groups in total. The quantitative estimate of drug-likeness (QED) is 0.338. The molecule has 0 saturated heterocycles. The summed E-state index contributed by atoms with van der Waals surface area (Å²) < 4.78 is 5.89. The van der Waals surface area contributed by atoms with Gasteiger partial charge >= 0.3 is 5.97 Å². The summed E-state index contributed by atoms with van der Waals surface area (Å²) in [5.41, 5.74) is 5.75. The van der Waals surface area contributed by atoms with Crippen molar-refractivity contribution in [2.24, 2.45) is 0 Å². The summed E-state index contributed by atoms with van der Waals surface area (Å²) in [7, 11) is 0. The highest BCUT2D eigenvalue weighted by molar-refractivity contribution is 6.33. The lowest BCUT2D eigenvalue weighted by atomic mass is 10.0. The minimum absolute atomic E-state index is 0.191. The van der Waals surface area contributed by atoms with Gasteiger partial charge in [0, 0.05) is 29.4 Å². The molecule has 0 aliphatic carbocycles. The maximum absolute atomic E-state index is 11.2. The number of anilines is 1. The number of carbonyl (C=O) groups is 1. The summed E-state index contributed by atoms with van der Waals surface area (Å²) >= 11 is 6.37. The van der Waals surface area contributed by atoms with Crippen LogP contribution in [0.15, 0.2) is 91.0 Å². The van der Waals surface area contributed by atoms with E-state index >= 15 is 0 Å².